The van der Waals surface area contributed by atoms with Gasteiger partial charge in [0.15, 0.2) is 0 Å². The Balaban J connectivity index is 2.64. The van der Waals surface area contributed by atoms with E-state index >= 15 is 0 Å². The molecule has 0 aromatic rings. The molecule has 0 aromatic carbocycles. The van der Waals surface area contributed by atoms with Crippen molar-refractivity contribution in [1.29, 1.82) is 0 Å². The molecule has 1 rings (SSSR count). The SMILES string of the molecule is CCCC(C)(C(=O)O)N1CCC(N(C)C)CC1. The minimum Gasteiger partial charge on any atom is -0.480 e. The topological polar surface area (TPSA) is 43.8 Å². The van der Waals surface area contributed by atoms with E-state index in [1.807, 2.05) is 13.8 Å². The summed E-state index contributed by atoms with van der Waals surface area (Å²) in [6.07, 6.45) is 3.78. The van der Waals surface area contributed by atoms with Gasteiger partial charge in [0.1, 0.15) is 5.54 Å². The molecule has 0 aliphatic carbocycles. The van der Waals surface area contributed by atoms with Crippen molar-refractivity contribution < 1.29 is 9.90 Å². The summed E-state index contributed by atoms with van der Waals surface area (Å²) in [4.78, 5) is 15.9. The van der Waals surface area contributed by atoms with Crippen molar-refractivity contribution in [3.05, 3.63) is 0 Å². The van der Waals surface area contributed by atoms with E-state index in [0.717, 1.165) is 38.8 Å². The zero-order chi connectivity index (χ0) is 13.1. The summed E-state index contributed by atoms with van der Waals surface area (Å²) in [5.74, 6) is -0.678. The van der Waals surface area contributed by atoms with E-state index < -0.39 is 11.5 Å². The van der Waals surface area contributed by atoms with Gasteiger partial charge in [-0.2, -0.15) is 0 Å². The van der Waals surface area contributed by atoms with E-state index in [1.165, 1.54) is 0 Å². The lowest BCUT2D eigenvalue weighted by atomic mass is 9.90. The molecule has 0 saturated carbocycles. The van der Waals surface area contributed by atoms with Gasteiger partial charge in [-0.25, -0.2) is 0 Å². The third-order valence-corrected chi connectivity index (χ3v) is 4.09. The average Bonchev–Trinajstić information content (AvgIpc) is 2.29. The lowest BCUT2D eigenvalue weighted by molar-refractivity contribution is -0.152. The van der Waals surface area contributed by atoms with Gasteiger partial charge in [0.2, 0.25) is 0 Å². The minimum absolute atomic E-state index is 0.603. The van der Waals surface area contributed by atoms with Crippen LogP contribution in [0.4, 0.5) is 0 Å². The third kappa shape index (κ3) is 3.19. The van der Waals surface area contributed by atoms with Crippen LogP contribution in [0.2, 0.25) is 0 Å². The molecule has 1 aliphatic rings. The first-order valence-corrected chi connectivity index (χ1v) is 6.56. The standard InChI is InChI=1S/C13H26N2O2/c1-5-8-13(2,12(16)17)15-9-6-11(7-10-15)14(3)4/h11H,5-10H2,1-4H3,(H,16,17). The second kappa shape index (κ2) is 5.83. The molecule has 1 heterocycles. The number of piperidine rings is 1. The van der Waals surface area contributed by atoms with Crippen LogP contribution in [0.5, 0.6) is 0 Å². The molecule has 4 nitrogen and oxygen atoms in total. The number of carboxylic acid groups (broad SMARTS) is 1. The summed E-state index contributed by atoms with van der Waals surface area (Å²) in [7, 11) is 4.20. The first-order chi connectivity index (χ1) is 7.91. The van der Waals surface area contributed by atoms with Gasteiger partial charge in [-0.1, -0.05) is 13.3 Å². The number of aliphatic carboxylic acids is 1. The van der Waals surface area contributed by atoms with Crippen LogP contribution in [0.1, 0.15) is 39.5 Å². The zero-order valence-electron chi connectivity index (χ0n) is 11.6. The molecule has 1 N–H and O–H groups in total. The van der Waals surface area contributed by atoms with Gasteiger partial charge < -0.3 is 10.0 Å². The molecule has 1 unspecified atom stereocenters. The van der Waals surface area contributed by atoms with Gasteiger partial charge in [0.05, 0.1) is 0 Å². The van der Waals surface area contributed by atoms with Crippen LogP contribution in [-0.4, -0.2) is 59.6 Å². The molecule has 0 bridgehead atoms. The predicted molar refractivity (Wildman–Crippen MR) is 69.2 cm³/mol. The van der Waals surface area contributed by atoms with Crippen molar-refractivity contribution in [3.63, 3.8) is 0 Å². The van der Waals surface area contributed by atoms with Gasteiger partial charge in [0, 0.05) is 19.1 Å². The minimum atomic E-state index is -0.678. The fourth-order valence-electron chi connectivity index (χ4n) is 2.76. The molecule has 0 amide bonds. The molecular weight excluding hydrogens is 216 g/mol. The number of nitrogens with zero attached hydrogens (tertiary/aromatic N) is 2. The highest BCUT2D eigenvalue weighted by Gasteiger charge is 2.40. The molecule has 0 spiro atoms. The van der Waals surface area contributed by atoms with Crippen LogP contribution in [0, 0.1) is 0 Å². The van der Waals surface area contributed by atoms with E-state index in [9.17, 15) is 9.90 Å². The number of hydrogen-bond donors (Lipinski definition) is 1. The van der Waals surface area contributed by atoms with Gasteiger partial charge >= 0.3 is 5.97 Å². The average molecular weight is 242 g/mol. The maximum Gasteiger partial charge on any atom is 0.323 e. The van der Waals surface area contributed by atoms with Gasteiger partial charge in [0.25, 0.3) is 0 Å². The van der Waals surface area contributed by atoms with Crippen molar-refractivity contribution in [3.8, 4) is 0 Å². The number of hydrogen-bond acceptors (Lipinski definition) is 3. The Morgan fingerprint density at radius 1 is 1.41 bits per heavy atom. The third-order valence-electron chi connectivity index (χ3n) is 4.09. The first-order valence-electron chi connectivity index (χ1n) is 6.56. The molecule has 100 valence electrons. The molecule has 1 aliphatic heterocycles. The maximum absolute atomic E-state index is 11.5. The van der Waals surface area contributed by atoms with Gasteiger partial charge in [-0.15, -0.1) is 0 Å². The molecule has 0 radical (unpaired) electrons. The van der Waals surface area contributed by atoms with Crippen LogP contribution in [0.3, 0.4) is 0 Å². The van der Waals surface area contributed by atoms with E-state index in [0.29, 0.717) is 6.04 Å². The molecule has 0 aromatic heterocycles. The van der Waals surface area contributed by atoms with Gasteiger partial charge in [-0.05, 0) is 40.3 Å². The molecule has 17 heavy (non-hydrogen) atoms. The molecule has 1 atom stereocenters. The summed E-state index contributed by atoms with van der Waals surface area (Å²) >= 11 is 0. The van der Waals surface area contributed by atoms with E-state index in [2.05, 4.69) is 23.9 Å². The van der Waals surface area contributed by atoms with Crippen LogP contribution >= 0.6 is 0 Å². The Bertz CT molecular complexity index is 260. The summed E-state index contributed by atoms with van der Waals surface area (Å²) in [5, 5.41) is 9.44. The molecule has 4 heteroatoms. The Morgan fingerprint density at radius 3 is 2.29 bits per heavy atom. The number of likely N-dealkylation sites (tertiary alicyclic amines) is 1. The lowest BCUT2D eigenvalue weighted by Gasteiger charge is -2.43. The lowest BCUT2D eigenvalue weighted by Crippen LogP contribution is -2.56. The highest BCUT2D eigenvalue weighted by Crippen LogP contribution is 2.26. The fourth-order valence-corrected chi connectivity index (χ4v) is 2.76. The van der Waals surface area contributed by atoms with Crippen molar-refractivity contribution in [2.24, 2.45) is 0 Å². The van der Waals surface area contributed by atoms with Crippen LogP contribution in [-0.2, 0) is 4.79 Å². The Hall–Kier alpha value is -0.610. The molecule has 1 saturated heterocycles. The Kier molecular flexibility index (Phi) is 4.95. The molecular formula is C13H26N2O2. The van der Waals surface area contributed by atoms with Crippen molar-refractivity contribution in [1.82, 2.24) is 9.80 Å². The second-order valence-corrected chi connectivity index (χ2v) is 5.51. The van der Waals surface area contributed by atoms with Crippen LogP contribution in [0.15, 0.2) is 0 Å². The fraction of sp³-hybridized carbons (Fsp3) is 0.923. The van der Waals surface area contributed by atoms with Crippen molar-refractivity contribution in [2.75, 3.05) is 27.2 Å². The van der Waals surface area contributed by atoms with E-state index in [-0.39, 0.29) is 0 Å². The number of rotatable bonds is 5. The summed E-state index contributed by atoms with van der Waals surface area (Å²) in [6, 6.07) is 0.603. The number of carbonyl (C=O) groups is 1. The van der Waals surface area contributed by atoms with E-state index in [4.69, 9.17) is 0 Å². The normalized spacial score (nSPS) is 22.6. The Labute approximate surface area is 105 Å². The smallest absolute Gasteiger partial charge is 0.323 e. The summed E-state index contributed by atoms with van der Waals surface area (Å²) in [5.41, 5.74) is -0.675. The second-order valence-electron chi connectivity index (χ2n) is 5.51. The number of carboxylic acids is 1. The highest BCUT2D eigenvalue weighted by molar-refractivity contribution is 5.78. The quantitative estimate of drug-likeness (QED) is 0.796. The first kappa shape index (κ1) is 14.5. The maximum atomic E-state index is 11.5. The van der Waals surface area contributed by atoms with E-state index in [1.54, 1.807) is 0 Å². The Morgan fingerprint density at radius 2 is 1.94 bits per heavy atom. The van der Waals surface area contributed by atoms with Crippen molar-refractivity contribution in [2.45, 2.75) is 51.1 Å². The zero-order valence-corrected chi connectivity index (χ0v) is 11.6. The van der Waals surface area contributed by atoms with Crippen molar-refractivity contribution >= 4 is 5.97 Å². The predicted octanol–water partition coefficient (Wildman–Crippen LogP) is 1.66. The van der Waals surface area contributed by atoms with Gasteiger partial charge in [-0.3, -0.25) is 9.69 Å². The summed E-state index contributed by atoms with van der Waals surface area (Å²) in [6.45, 7) is 5.71. The van der Waals surface area contributed by atoms with Crippen LogP contribution in [0.25, 0.3) is 0 Å². The highest BCUT2D eigenvalue weighted by atomic mass is 16.4. The largest absolute Gasteiger partial charge is 0.480 e. The monoisotopic (exact) mass is 242 g/mol. The van der Waals surface area contributed by atoms with Crippen LogP contribution < -0.4 is 0 Å². The molecule has 1 fully saturated rings. The summed E-state index contributed by atoms with van der Waals surface area (Å²) < 4.78 is 0.